The Morgan fingerprint density at radius 2 is 1.92 bits per heavy atom. The zero-order chi connectivity index (χ0) is 10.7. The highest BCUT2D eigenvalue weighted by molar-refractivity contribution is 6.18. The summed E-state index contributed by atoms with van der Waals surface area (Å²) in [6.07, 6.45) is -0.0343. The largest absolute Gasteiger partial charge is 0.392 e. The van der Waals surface area contributed by atoms with Crippen LogP contribution in [0.15, 0.2) is 0 Å². The SMILES string of the molecule is CCC(O)CN.COCC(O)CCl. The lowest BCUT2D eigenvalue weighted by Gasteiger charge is -2.01. The standard InChI is InChI=1S/C4H9ClO2.C4H11NO/c1-7-3-4(6)2-5;1-2-4(6)3-5/h4,6H,2-3H2,1H3;4,6H,2-3,5H2,1H3. The van der Waals surface area contributed by atoms with E-state index in [0.717, 1.165) is 6.42 Å². The molecule has 0 heterocycles. The summed E-state index contributed by atoms with van der Waals surface area (Å²) >= 11 is 5.20. The van der Waals surface area contributed by atoms with Gasteiger partial charge in [-0.1, -0.05) is 6.92 Å². The van der Waals surface area contributed by atoms with Crippen molar-refractivity contribution in [3.8, 4) is 0 Å². The molecule has 0 amide bonds. The van der Waals surface area contributed by atoms with Crippen LogP contribution in [-0.2, 0) is 4.74 Å². The highest BCUT2D eigenvalue weighted by atomic mass is 35.5. The molecule has 0 aliphatic heterocycles. The first-order valence-electron chi connectivity index (χ1n) is 4.23. The van der Waals surface area contributed by atoms with Gasteiger partial charge in [0.15, 0.2) is 0 Å². The lowest BCUT2D eigenvalue weighted by molar-refractivity contribution is 0.0786. The first kappa shape index (κ1) is 15.6. The maximum atomic E-state index is 8.60. The van der Waals surface area contributed by atoms with Crippen molar-refractivity contribution in [2.45, 2.75) is 25.6 Å². The summed E-state index contributed by atoms with van der Waals surface area (Å²) in [5.74, 6) is 0.244. The fourth-order valence-electron chi connectivity index (χ4n) is 0.404. The van der Waals surface area contributed by atoms with Gasteiger partial charge in [-0.3, -0.25) is 0 Å². The van der Waals surface area contributed by atoms with Crippen molar-refractivity contribution in [3.63, 3.8) is 0 Å². The smallest absolute Gasteiger partial charge is 0.0908 e. The average Bonchev–Trinajstić information content (AvgIpc) is 2.18. The normalized spacial score (nSPS) is 14.3. The van der Waals surface area contributed by atoms with Crippen molar-refractivity contribution in [1.82, 2.24) is 0 Å². The third kappa shape index (κ3) is 14.9. The molecule has 0 aromatic carbocycles. The fourth-order valence-corrected chi connectivity index (χ4v) is 0.493. The topological polar surface area (TPSA) is 75.7 Å². The van der Waals surface area contributed by atoms with E-state index in [1.807, 2.05) is 6.92 Å². The van der Waals surface area contributed by atoms with Crippen molar-refractivity contribution in [2.75, 3.05) is 26.1 Å². The molecule has 0 aromatic heterocycles. The van der Waals surface area contributed by atoms with E-state index in [1.165, 1.54) is 7.11 Å². The third-order valence-electron chi connectivity index (χ3n) is 1.28. The molecular formula is C8H20ClNO3. The minimum Gasteiger partial charge on any atom is -0.392 e. The minimum absolute atomic E-state index is 0.244. The van der Waals surface area contributed by atoms with E-state index in [4.69, 9.17) is 27.5 Å². The monoisotopic (exact) mass is 213 g/mol. The maximum absolute atomic E-state index is 8.60. The van der Waals surface area contributed by atoms with E-state index in [2.05, 4.69) is 4.74 Å². The van der Waals surface area contributed by atoms with Crippen molar-refractivity contribution in [1.29, 1.82) is 0 Å². The third-order valence-corrected chi connectivity index (χ3v) is 1.64. The van der Waals surface area contributed by atoms with Crippen LogP contribution in [0.4, 0.5) is 0 Å². The van der Waals surface area contributed by atoms with Gasteiger partial charge in [0.2, 0.25) is 0 Å². The molecular weight excluding hydrogens is 194 g/mol. The van der Waals surface area contributed by atoms with Gasteiger partial charge in [-0.05, 0) is 6.42 Å². The van der Waals surface area contributed by atoms with Crippen LogP contribution in [0.3, 0.4) is 0 Å². The number of nitrogens with two attached hydrogens (primary N) is 1. The highest BCUT2D eigenvalue weighted by Gasteiger charge is 1.96. The molecule has 4 N–H and O–H groups in total. The van der Waals surface area contributed by atoms with Gasteiger partial charge in [-0.2, -0.15) is 0 Å². The van der Waals surface area contributed by atoms with Crippen LogP contribution >= 0.6 is 11.6 Å². The van der Waals surface area contributed by atoms with Gasteiger partial charge in [-0.15, -0.1) is 11.6 Å². The quantitative estimate of drug-likeness (QED) is 0.560. The molecule has 0 saturated heterocycles. The number of methoxy groups -OCH3 is 1. The van der Waals surface area contributed by atoms with Crippen LogP contribution in [0, 0.1) is 0 Å². The molecule has 0 spiro atoms. The van der Waals surface area contributed by atoms with E-state index in [-0.39, 0.29) is 12.0 Å². The molecule has 2 atom stereocenters. The molecule has 0 fully saturated rings. The molecule has 0 aliphatic rings. The molecule has 13 heavy (non-hydrogen) atoms. The van der Waals surface area contributed by atoms with Crippen LogP contribution in [0.5, 0.6) is 0 Å². The number of rotatable bonds is 5. The van der Waals surface area contributed by atoms with Crippen LogP contribution in [0.1, 0.15) is 13.3 Å². The Bertz CT molecular complexity index is 91.5. The van der Waals surface area contributed by atoms with Crippen LogP contribution in [-0.4, -0.2) is 48.6 Å². The highest BCUT2D eigenvalue weighted by Crippen LogP contribution is 1.85. The summed E-state index contributed by atoms with van der Waals surface area (Å²) < 4.78 is 4.56. The van der Waals surface area contributed by atoms with Crippen molar-refractivity contribution in [2.24, 2.45) is 5.73 Å². The molecule has 4 nitrogen and oxygen atoms in total. The summed E-state index contributed by atoms with van der Waals surface area (Å²) in [6, 6.07) is 0. The number of ether oxygens (including phenoxy) is 1. The number of aliphatic hydroxyl groups is 2. The molecule has 0 aromatic rings. The van der Waals surface area contributed by atoms with E-state index >= 15 is 0 Å². The molecule has 0 bridgehead atoms. The predicted octanol–water partition coefficient (Wildman–Crippen LogP) is -0.0515. The van der Waals surface area contributed by atoms with Crippen LogP contribution < -0.4 is 5.73 Å². The zero-order valence-electron chi connectivity index (χ0n) is 8.24. The Kier molecular flexibility index (Phi) is 14.6. The minimum atomic E-state index is -0.508. The van der Waals surface area contributed by atoms with Gasteiger partial charge in [0, 0.05) is 13.7 Å². The zero-order valence-corrected chi connectivity index (χ0v) is 9.00. The summed E-state index contributed by atoms with van der Waals surface area (Å²) in [5.41, 5.74) is 5.03. The number of halogens is 1. The summed E-state index contributed by atoms with van der Waals surface area (Å²) in [7, 11) is 1.52. The number of aliphatic hydroxyl groups excluding tert-OH is 2. The predicted molar refractivity (Wildman–Crippen MR) is 54.0 cm³/mol. The van der Waals surface area contributed by atoms with Gasteiger partial charge in [0.25, 0.3) is 0 Å². The maximum Gasteiger partial charge on any atom is 0.0908 e. The second-order valence-electron chi connectivity index (χ2n) is 2.56. The Balaban J connectivity index is 0. The molecule has 82 valence electrons. The van der Waals surface area contributed by atoms with Crippen molar-refractivity contribution >= 4 is 11.6 Å². The second kappa shape index (κ2) is 12.1. The summed E-state index contributed by atoms with van der Waals surface area (Å²) in [5, 5.41) is 17.1. The van der Waals surface area contributed by atoms with Crippen molar-refractivity contribution < 1.29 is 14.9 Å². The van der Waals surface area contributed by atoms with E-state index < -0.39 is 6.10 Å². The lowest BCUT2D eigenvalue weighted by Crippen LogP contribution is -2.17. The van der Waals surface area contributed by atoms with E-state index in [1.54, 1.807) is 0 Å². The van der Waals surface area contributed by atoms with Gasteiger partial charge in [-0.25, -0.2) is 0 Å². The van der Waals surface area contributed by atoms with Gasteiger partial charge < -0.3 is 20.7 Å². The molecule has 2 unspecified atom stereocenters. The van der Waals surface area contributed by atoms with E-state index in [9.17, 15) is 0 Å². The lowest BCUT2D eigenvalue weighted by atomic mass is 10.3. The Hall–Kier alpha value is 0.130. The first-order valence-corrected chi connectivity index (χ1v) is 4.76. The number of hydrogen-bond acceptors (Lipinski definition) is 4. The molecule has 0 aliphatic carbocycles. The Labute approximate surface area is 84.6 Å². The Morgan fingerprint density at radius 3 is 2.00 bits per heavy atom. The van der Waals surface area contributed by atoms with Gasteiger partial charge in [0.1, 0.15) is 0 Å². The van der Waals surface area contributed by atoms with Gasteiger partial charge >= 0.3 is 0 Å². The molecule has 0 radical (unpaired) electrons. The van der Waals surface area contributed by atoms with Crippen molar-refractivity contribution in [3.05, 3.63) is 0 Å². The van der Waals surface area contributed by atoms with E-state index in [0.29, 0.717) is 13.2 Å². The average molecular weight is 214 g/mol. The first-order chi connectivity index (χ1) is 6.12. The molecule has 5 heteroatoms. The molecule has 0 rings (SSSR count). The Morgan fingerprint density at radius 1 is 1.38 bits per heavy atom. The van der Waals surface area contributed by atoms with Crippen LogP contribution in [0.25, 0.3) is 0 Å². The van der Waals surface area contributed by atoms with Crippen LogP contribution in [0.2, 0.25) is 0 Å². The summed E-state index contributed by atoms with van der Waals surface area (Å²) in [4.78, 5) is 0. The second-order valence-corrected chi connectivity index (χ2v) is 2.87. The fraction of sp³-hybridized carbons (Fsp3) is 1.00. The summed E-state index contributed by atoms with van der Waals surface area (Å²) in [6.45, 7) is 2.61. The number of hydrogen-bond donors (Lipinski definition) is 3. The van der Waals surface area contributed by atoms with Gasteiger partial charge in [0.05, 0.1) is 24.7 Å². The number of alkyl halides is 1. The molecule has 0 saturated carbocycles.